The Morgan fingerprint density at radius 1 is 1.23 bits per heavy atom. The minimum Gasteiger partial charge on any atom is -0.360 e. The highest BCUT2D eigenvalue weighted by atomic mass is 35.5. The molecule has 1 aliphatic rings. The lowest BCUT2D eigenvalue weighted by molar-refractivity contribution is -0.113. The summed E-state index contributed by atoms with van der Waals surface area (Å²) in [6, 6.07) is 14.1. The second-order valence-electron chi connectivity index (χ2n) is 7.40. The molecular formula is C22H20ClN5OS. The average molecular weight is 438 g/mol. The van der Waals surface area contributed by atoms with Gasteiger partial charge in [0.1, 0.15) is 0 Å². The predicted octanol–water partition coefficient (Wildman–Crippen LogP) is 5.45. The number of benzene rings is 2. The van der Waals surface area contributed by atoms with Crippen molar-refractivity contribution in [3.8, 4) is 11.4 Å². The maximum atomic E-state index is 12.5. The van der Waals surface area contributed by atoms with Crippen LogP contribution in [0.1, 0.15) is 24.4 Å². The standard InChI is InChI=1S/C22H20ClN5OS/c1-13-17(23)6-4-8-18(13)25-20(29)12-30-22-27-26-21(28(22)14-9-10-14)16-11-24-19-7-3-2-5-15(16)19/h2-8,11,14,24H,9-10,12H2,1H3,(H,25,29). The van der Waals surface area contributed by atoms with Gasteiger partial charge in [0.25, 0.3) is 0 Å². The number of aromatic amines is 1. The van der Waals surface area contributed by atoms with Crippen molar-refractivity contribution in [3.63, 3.8) is 0 Å². The van der Waals surface area contributed by atoms with Crippen LogP contribution < -0.4 is 5.32 Å². The maximum absolute atomic E-state index is 12.5. The molecule has 0 unspecified atom stereocenters. The second-order valence-corrected chi connectivity index (χ2v) is 8.75. The summed E-state index contributed by atoms with van der Waals surface area (Å²) in [7, 11) is 0. The first-order valence-electron chi connectivity index (χ1n) is 9.81. The van der Waals surface area contributed by atoms with Gasteiger partial charge in [-0.25, -0.2) is 0 Å². The number of para-hydroxylation sites is 1. The Morgan fingerprint density at radius 2 is 2.07 bits per heavy atom. The molecule has 0 atom stereocenters. The van der Waals surface area contributed by atoms with E-state index in [0.29, 0.717) is 11.1 Å². The monoisotopic (exact) mass is 437 g/mol. The molecule has 2 aromatic heterocycles. The van der Waals surface area contributed by atoms with Crippen molar-refractivity contribution in [2.75, 3.05) is 11.1 Å². The lowest BCUT2D eigenvalue weighted by Crippen LogP contribution is -2.15. The number of aromatic nitrogens is 4. The summed E-state index contributed by atoms with van der Waals surface area (Å²) >= 11 is 7.56. The summed E-state index contributed by atoms with van der Waals surface area (Å²) in [5, 5.41) is 14.4. The largest absolute Gasteiger partial charge is 0.360 e. The molecule has 2 heterocycles. The highest BCUT2D eigenvalue weighted by Crippen LogP contribution is 2.42. The van der Waals surface area contributed by atoms with E-state index >= 15 is 0 Å². The van der Waals surface area contributed by atoms with E-state index in [-0.39, 0.29) is 11.7 Å². The fourth-order valence-corrected chi connectivity index (χ4v) is 4.52. The molecule has 1 fully saturated rings. The fourth-order valence-electron chi connectivity index (χ4n) is 3.54. The van der Waals surface area contributed by atoms with Gasteiger partial charge < -0.3 is 10.3 Å². The zero-order valence-corrected chi connectivity index (χ0v) is 17.9. The Bertz CT molecular complexity index is 1240. The molecule has 1 saturated carbocycles. The number of rotatable bonds is 6. The number of fused-ring (bicyclic) bond motifs is 1. The lowest BCUT2D eigenvalue weighted by Gasteiger charge is -2.10. The van der Waals surface area contributed by atoms with Gasteiger partial charge in [0, 0.05) is 39.4 Å². The molecule has 0 spiro atoms. The highest BCUT2D eigenvalue weighted by molar-refractivity contribution is 7.99. The van der Waals surface area contributed by atoms with Gasteiger partial charge in [0.2, 0.25) is 5.91 Å². The van der Waals surface area contributed by atoms with Crippen LogP contribution in [0.4, 0.5) is 5.69 Å². The number of H-pyrrole nitrogens is 1. The molecule has 2 aromatic carbocycles. The molecule has 6 nitrogen and oxygen atoms in total. The Morgan fingerprint density at radius 3 is 2.90 bits per heavy atom. The van der Waals surface area contributed by atoms with E-state index in [0.717, 1.165) is 51.5 Å². The van der Waals surface area contributed by atoms with Crippen molar-refractivity contribution in [1.29, 1.82) is 0 Å². The number of carbonyl (C=O) groups excluding carboxylic acids is 1. The summed E-state index contributed by atoms with van der Waals surface area (Å²) in [6.07, 6.45) is 4.19. The summed E-state index contributed by atoms with van der Waals surface area (Å²) in [5.41, 5.74) is 3.70. The van der Waals surface area contributed by atoms with Crippen LogP contribution in [-0.4, -0.2) is 31.4 Å². The van der Waals surface area contributed by atoms with E-state index in [1.807, 2.05) is 43.5 Å². The molecule has 8 heteroatoms. The topological polar surface area (TPSA) is 75.6 Å². The zero-order valence-electron chi connectivity index (χ0n) is 16.4. The SMILES string of the molecule is Cc1c(Cl)cccc1NC(=O)CSc1nnc(-c2c[nH]c3ccccc23)n1C1CC1. The summed E-state index contributed by atoms with van der Waals surface area (Å²) in [4.78, 5) is 15.8. The minimum atomic E-state index is -0.0932. The van der Waals surface area contributed by atoms with E-state index in [1.54, 1.807) is 0 Å². The van der Waals surface area contributed by atoms with Crippen molar-refractivity contribution in [2.24, 2.45) is 0 Å². The molecular weight excluding hydrogens is 418 g/mol. The lowest BCUT2D eigenvalue weighted by atomic mass is 10.1. The van der Waals surface area contributed by atoms with E-state index < -0.39 is 0 Å². The van der Waals surface area contributed by atoms with Crippen LogP contribution in [0.2, 0.25) is 5.02 Å². The predicted molar refractivity (Wildman–Crippen MR) is 121 cm³/mol. The number of amides is 1. The van der Waals surface area contributed by atoms with Crippen LogP contribution in [-0.2, 0) is 4.79 Å². The maximum Gasteiger partial charge on any atom is 0.234 e. The van der Waals surface area contributed by atoms with E-state index in [4.69, 9.17) is 11.6 Å². The number of carbonyl (C=O) groups is 1. The van der Waals surface area contributed by atoms with Crippen LogP contribution in [0.25, 0.3) is 22.3 Å². The van der Waals surface area contributed by atoms with Crippen molar-refractivity contribution in [1.82, 2.24) is 19.7 Å². The van der Waals surface area contributed by atoms with Gasteiger partial charge in [-0.1, -0.05) is 47.6 Å². The molecule has 2 N–H and O–H groups in total. The molecule has 0 saturated heterocycles. The Hall–Kier alpha value is -2.77. The first-order valence-corrected chi connectivity index (χ1v) is 11.2. The van der Waals surface area contributed by atoms with Gasteiger partial charge in [-0.3, -0.25) is 9.36 Å². The van der Waals surface area contributed by atoms with E-state index in [1.165, 1.54) is 11.8 Å². The van der Waals surface area contributed by atoms with Crippen LogP contribution in [0, 0.1) is 6.92 Å². The minimum absolute atomic E-state index is 0.0932. The van der Waals surface area contributed by atoms with Crippen LogP contribution in [0.15, 0.2) is 53.8 Å². The first kappa shape index (κ1) is 19.2. The number of halogens is 1. The van der Waals surface area contributed by atoms with Crippen molar-refractivity contribution in [3.05, 3.63) is 59.2 Å². The normalized spacial score (nSPS) is 13.7. The Labute approximate surface area is 183 Å². The van der Waals surface area contributed by atoms with Gasteiger partial charge in [0.05, 0.1) is 5.75 Å². The van der Waals surface area contributed by atoms with Crippen LogP contribution >= 0.6 is 23.4 Å². The van der Waals surface area contributed by atoms with Gasteiger partial charge in [-0.15, -0.1) is 10.2 Å². The van der Waals surface area contributed by atoms with Crippen LogP contribution in [0.5, 0.6) is 0 Å². The molecule has 0 bridgehead atoms. The Balaban J connectivity index is 1.37. The third-order valence-corrected chi connectivity index (χ3v) is 6.63. The van der Waals surface area contributed by atoms with Gasteiger partial charge in [-0.2, -0.15) is 0 Å². The first-order chi connectivity index (χ1) is 14.6. The highest BCUT2D eigenvalue weighted by Gasteiger charge is 2.31. The zero-order chi connectivity index (χ0) is 20.7. The number of hydrogen-bond donors (Lipinski definition) is 2. The van der Waals surface area contributed by atoms with Gasteiger partial charge in [0.15, 0.2) is 11.0 Å². The fraction of sp³-hybridized carbons (Fsp3) is 0.227. The quantitative estimate of drug-likeness (QED) is 0.393. The molecule has 0 radical (unpaired) electrons. The third kappa shape index (κ3) is 3.59. The second kappa shape index (κ2) is 7.81. The molecule has 30 heavy (non-hydrogen) atoms. The molecule has 0 aliphatic heterocycles. The number of nitrogens with zero attached hydrogens (tertiary/aromatic N) is 3. The van der Waals surface area contributed by atoms with Gasteiger partial charge >= 0.3 is 0 Å². The van der Waals surface area contributed by atoms with Gasteiger partial charge in [-0.05, 0) is 43.5 Å². The number of anilines is 1. The molecule has 1 aliphatic carbocycles. The number of hydrogen-bond acceptors (Lipinski definition) is 4. The van der Waals surface area contributed by atoms with Crippen LogP contribution in [0.3, 0.4) is 0 Å². The number of nitrogens with one attached hydrogen (secondary N) is 2. The van der Waals surface area contributed by atoms with Crippen molar-refractivity contribution < 1.29 is 4.79 Å². The Kier molecular flexibility index (Phi) is 5.00. The van der Waals surface area contributed by atoms with Crippen molar-refractivity contribution >= 4 is 45.9 Å². The number of thioether (sulfide) groups is 1. The average Bonchev–Trinajstić information content (AvgIpc) is 3.36. The van der Waals surface area contributed by atoms with E-state index in [2.05, 4.69) is 37.2 Å². The van der Waals surface area contributed by atoms with E-state index in [9.17, 15) is 4.79 Å². The molecule has 152 valence electrons. The molecule has 1 amide bonds. The summed E-state index contributed by atoms with van der Waals surface area (Å²) in [5.74, 6) is 1.01. The van der Waals surface area contributed by atoms with Crippen molar-refractivity contribution in [2.45, 2.75) is 31.0 Å². The molecule has 4 aromatic rings. The third-order valence-electron chi connectivity index (χ3n) is 5.28. The summed E-state index contributed by atoms with van der Waals surface area (Å²) in [6.45, 7) is 1.89. The smallest absolute Gasteiger partial charge is 0.234 e. The summed E-state index contributed by atoms with van der Waals surface area (Å²) < 4.78 is 2.18. The molecule has 5 rings (SSSR count).